The maximum absolute atomic E-state index is 3.48. The SMILES string of the molecule is CC1=CCN(CCNCC(C)C)CC1. The first kappa shape index (κ1) is 11.7. The Bertz CT molecular complexity index is 185. The van der Waals surface area contributed by atoms with E-state index >= 15 is 0 Å². The van der Waals surface area contributed by atoms with E-state index in [2.05, 4.69) is 37.1 Å². The van der Waals surface area contributed by atoms with E-state index in [1.807, 2.05) is 0 Å². The summed E-state index contributed by atoms with van der Waals surface area (Å²) in [6, 6.07) is 0. The van der Waals surface area contributed by atoms with Gasteiger partial charge in [0.1, 0.15) is 0 Å². The second-order valence-corrected chi connectivity index (χ2v) is 4.70. The molecule has 0 bridgehead atoms. The molecule has 0 aliphatic carbocycles. The lowest BCUT2D eigenvalue weighted by atomic mass is 10.1. The van der Waals surface area contributed by atoms with E-state index in [9.17, 15) is 0 Å². The lowest BCUT2D eigenvalue weighted by Gasteiger charge is -2.25. The van der Waals surface area contributed by atoms with Crippen molar-refractivity contribution in [3.8, 4) is 0 Å². The van der Waals surface area contributed by atoms with Crippen LogP contribution in [0.4, 0.5) is 0 Å². The number of hydrogen-bond acceptors (Lipinski definition) is 2. The van der Waals surface area contributed by atoms with Gasteiger partial charge in [0.05, 0.1) is 0 Å². The van der Waals surface area contributed by atoms with Crippen molar-refractivity contribution >= 4 is 0 Å². The molecule has 0 aromatic rings. The molecule has 0 spiro atoms. The van der Waals surface area contributed by atoms with Gasteiger partial charge >= 0.3 is 0 Å². The van der Waals surface area contributed by atoms with Gasteiger partial charge in [-0.05, 0) is 25.8 Å². The normalized spacial score (nSPS) is 18.7. The average Bonchev–Trinajstić information content (AvgIpc) is 2.15. The number of rotatable bonds is 5. The predicted molar refractivity (Wildman–Crippen MR) is 62.5 cm³/mol. The monoisotopic (exact) mass is 196 g/mol. The Morgan fingerprint density at radius 3 is 2.86 bits per heavy atom. The number of nitrogens with one attached hydrogen (secondary N) is 1. The molecule has 0 aromatic carbocycles. The van der Waals surface area contributed by atoms with Crippen LogP contribution in [0.2, 0.25) is 0 Å². The quantitative estimate of drug-likeness (QED) is 0.533. The highest BCUT2D eigenvalue weighted by Crippen LogP contribution is 2.08. The van der Waals surface area contributed by atoms with Crippen LogP contribution in [-0.4, -0.2) is 37.6 Å². The lowest BCUT2D eigenvalue weighted by molar-refractivity contribution is 0.291. The van der Waals surface area contributed by atoms with Gasteiger partial charge in [-0.15, -0.1) is 0 Å². The highest BCUT2D eigenvalue weighted by atomic mass is 15.1. The topological polar surface area (TPSA) is 15.3 Å². The fraction of sp³-hybridized carbons (Fsp3) is 0.833. The molecule has 0 aromatic heterocycles. The minimum Gasteiger partial charge on any atom is -0.315 e. The van der Waals surface area contributed by atoms with Crippen LogP contribution in [0.1, 0.15) is 27.2 Å². The van der Waals surface area contributed by atoms with Crippen molar-refractivity contribution in [2.75, 3.05) is 32.7 Å². The Morgan fingerprint density at radius 1 is 1.50 bits per heavy atom. The zero-order valence-corrected chi connectivity index (χ0v) is 9.84. The molecule has 1 rings (SSSR count). The van der Waals surface area contributed by atoms with Crippen molar-refractivity contribution < 1.29 is 0 Å². The molecular formula is C12H24N2. The van der Waals surface area contributed by atoms with Crippen LogP contribution in [0.3, 0.4) is 0 Å². The molecule has 0 amide bonds. The minimum atomic E-state index is 0.762. The van der Waals surface area contributed by atoms with E-state index in [4.69, 9.17) is 0 Å². The van der Waals surface area contributed by atoms with Gasteiger partial charge in [0.2, 0.25) is 0 Å². The zero-order valence-electron chi connectivity index (χ0n) is 9.84. The summed E-state index contributed by atoms with van der Waals surface area (Å²) in [5.74, 6) is 0.762. The van der Waals surface area contributed by atoms with Gasteiger partial charge in [-0.25, -0.2) is 0 Å². The Morgan fingerprint density at radius 2 is 2.29 bits per heavy atom. The predicted octanol–water partition coefficient (Wildman–Crippen LogP) is 1.88. The van der Waals surface area contributed by atoms with E-state index in [1.165, 1.54) is 19.5 Å². The third-order valence-corrected chi connectivity index (χ3v) is 2.68. The molecule has 82 valence electrons. The van der Waals surface area contributed by atoms with Crippen LogP contribution < -0.4 is 5.32 Å². The summed E-state index contributed by atoms with van der Waals surface area (Å²) in [5, 5.41) is 3.48. The molecule has 1 aliphatic heterocycles. The van der Waals surface area contributed by atoms with E-state index in [0.717, 1.165) is 25.6 Å². The van der Waals surface area contributed by atoms with Crippen LogP contribution in [0.15, 0.2) is 11.6 Å². The molecule has 1 aliphatic rings. The van der Waals surface area contributed by atoms with Gasteiger partial charge in [0.25, 0.3) is 0 Å². The van der Waals surface area contributed by atoms with Gasteiger partial charge in [-0.2, -0.15) is 0 Å². The lowest BCUT2D eigenvalue weighted by Crippen LogP contribution is -2.35. The van der Waals surface area contributed by atoms with Gasteiger partial charge in [0, 0.05) is 26.2 Å². The summed E-state index contributed by atoms with van der Waals surface area (Å²) in [5.41, 5.74) is 1.55. The molecule has 0 atom stereocenters. The van der Waals surface area contributed by atoms with E-state index in [1.54, 1.807) is 5.57 Å². The maximum atomic E-state index is 3.48. The fourth-order valence-corrected chi connectivity index (χ4v) is 1.64. The first-order valence-electron chi connectivity index (χ1n) is 5.77. The number of nitrogens with zero attached hydrogens (tertiary/aromatic N) is 1. The Labute approximate surface area is 88.4 Å². The molecule has 2 heteroatoms. The second kappa shape index (κ2) is 6.20. The molecule has 2 nitrogen and oxygen atoms in total. The van der Waals surface area contributed by atoms with Crippen LogP contribution in [0, 0.1) is 5.92 Å². The Balaban J connectivity index is 2.03. The minimum absolute atomic E-state index is 0.762. The van der Waals surface area contributed by atoms with Crippen LogP contribution >= 0.6 is 0 Å². The molecule has 1 heterocycles. The fourth-order valence-electron chi connectivity index (χ4n) is 1.64. The molecule has 0 unspecified atom stereocenters. The molecule has 0 saturated carbocycles. The van der Waals surface area contributed by atoms with Crippen LogP contribution in [0.25, 0.3) is 0 Å². The standard InChI is InChI=1S/C12H24N2/c1-11(2)10-13-6-9-14-7-4-12(3)5-8-14/h4,11,13H,5-10H2,1-3H3. The molecule has 0 radical (unpaired) electrons. The molecule has 0 saturated heterocycles. The van der Waals surface area contributed by atoms with Gasteiger partial charge in [0.15, 0.2) is 0 Å². The van der Waals surface area contributed by atoms with Crippen molar-refractivity contribution in [2.45, 2.75) is 27.2 Å². The van der Waals surface area contributed by atoms with E-state index in [-0.39, 0.29) is 0 Å². The average molecular weight is 196 g/mol. The van der Waals surface area contributed by atoms with Crippen molar-refractivity contribution in [1.82, 2.24) is 10.2 Å². The Hall–Kier alpha value is -0.340. The van der Waals surface area contributed by atoms with Gasteiger partial charge in [-0.1, -0.05) is 25.5 Å². The summed E-state index contributed by atoms with van der Waals surface area (Å²) in [6.07, 6.45) is 3.61. The van der Waals surface area contributed by atoms with Crippen LogP contribution in [-0.2, 0) is 0 Å². The maximum Gasteiger partial charge on any atom is 0.0166 e. The van der Waals surface area contributed by atoms with Crippen molar-refractivity contribution in [3.05, 3.63) is 11.6 Å². The molecule has 0 fully saturated rings. The van der Waals surface area contributed by atoms with Gasteiger partial charge < -0.3 is 5.32 Å². The van der Waals surface area contributed by atoms with Crippen LogP contribution in [0.5, 0.6) is 0 Å². The summed E-state index contributed by atoms with van der Waals surface area (Å²) < 4.78 is 0. The third-order valence-electron chi connectivity index (χ3n) is 2.68. The summed E-state index contributed by atoms with van der Waals surface area (Å²) in [6.45, 7) is 12.6. The van der Waals surface area contributed by atoms with E-state index in [0.29, 0.717) is 0 Å². The van der Waals surface area contributed by atoms with E-state index < -0.39 is 0 Å². The Kier molecular flexibility index (Phi) is 5.20. The van der Waals surface area contributed by atoms with Crippen molar-refractivity contribution in [1.29, 1.82) is 0 Å². The second-order valence-electron chi connectivity index (χ2n) is 4.70. The third kappa shape index (κ3) is 4.77. The zero-order chi connectivity index (χ0) is 10.4. The molecule has 1 N–H and O–H groups in total. The molecule has 14 heavy (non-hydrogen) atoms. The first-order valence-corrected chi connectivity index (χ1v) is 5.77. The summed E-state index contributed by atoms with van der Waals surface area (Å²) >= 11 is 0. The van der Waals surface area contributed by atoms with Crippen molar-refractivity contribution in [2.24, 2.45) is 5.92 Å². The highest BCUT2D eigenvalue weighted by Gasteiger charge is 2.07. The number of hydrogen-bond donors (Lipinski definition) is 1. The first-order chi connectivity index (χ1) is 6.68. The highest BCUT2D eigenvalue weighted by molar-refractivity contribution is 5.03. The van der Waals surface area contributed by atoms with Gasteiger partial charge in [-0.3, -0.25) is 4.90 Å². The summed E-state index contributed by atoms with van der Waals surface area (Å²) in [4.78, 5) is 2.51. The largest absolute Gasteiger partial charge is 0.315 e. The molecular weight excluding hydrogens is 172 g/mol. The van der Waals surface area contributed by atoms with Crippen molar-refractivity contribution in [3.63, 3.8) is 0 Å². The smallest absolute Gasteiger partial charge is 0.0166 e. The summed E-state index contributed by atoms with van der Waals surface area (Å²) in [7, 11) is 0.